The number of aromatic nitrogens is 1. The summed E-state index contributed by atoms with van der Waals surface area (Å²) < 4.78 is 5.21. The van der Waals surface area contributed by atoms with Crippen molar-refractivity contribution in [2.24, 2.45) is 11.0 Å². The van der Waals surface area contributed by atoms with Gasteiger partial charge in [0.2, 0.25) is 0 Å². The number of nitrogens with one attached hydrogen (secondary N) is 1. The van der Waals surface area contributed by atoms with Gasteiger partial charge in [0.25, 0.3) is 5.91 Å². The maximum Gasteiger partial charge on any atom is 0.293 e. The van der Waals surface area contributed by atoms with Crippen molar-refractivity contribution in [1.82, 2.24) is 10.6 Å². The molecule has 1 saturated carbocycles. The second-order valence-electron chi connectivity index (χ2n) is 5.56. The van der Waals surface area contributed by atoms with Gasteiger partial charge in [-0.05, 0) is 18.8 Å². The maximum absolute atomic E-state index is 12.0. The standard InChI is InChI=1S/C17H19N3O2/c21-17(19-18-12-13-7-3-1-4-8-13)15-11-16(22-20-15)14-9-5-2-6-10-14/h2,5-6,9-13H,1,3-4,7-8H2,(H,19,21)/b18-12+. The predicted molar refractivity (Wildman–Crippen MR) is 84.5 cm³/mol. The summed E-state index contributed by atoms with van der Waals surface area (Å²) in [4.78, 5) is 12.0. The minimum absolute atomic E-state index is 0.236. The van der Waals surface area contributed by atoms with Crippen LogP contribution >= 0.6 is 0 Å². The van der Waals surface area contributed by atoms with Crippen LogP contribution in [0.15, 0.2) is 46.0 Å². The summed E-state index contributed by atoms with van der Waals surface area (Å²) >= 11 is 0. The lowest BCUT2D eigenvalue weighted by atomic mass is 9.90. The van der Waals surface area contributed by atoms with Crippen molar-refractivity contribution in [1.29, 1.82) is 0 Å². The van der Waals surface area contributed by atoms with Gasteiger partial charge in [0.05, 0.1) is 0 Å². The SMILES string of the molecule is O=C(N/N=C/C1CCCCC1)c1cc(-c2ccccc2)on1. The number of benzene rings is 1. The second kappa shape index (κ2) is 7.02. The van der Waals surface area contributed by atoms with Gasteiger partial charge in [0.1, 0.15) is 0 Å². The minimum Gasteiger partial charge on any atom is -0.355 e. The van der Waals surface area contributed by atoms with Gasteiger partial charge in [-0.1, -0.05) is 54.8 Å². The molecule has 22 heavy (non-hydrogen) atoms. The van der Waals surface area contributed by atoms with Crippen molar-refractivity contribution >= 4 is 12.1 Å². The van der Waals surface area contributed by atoms with E-state index in [2.05, 4.69) is 15.7 Å². The molecule has 0 unspecified atom stereocenters. The van der Waals surface area contributed by atoms with Crippen molar-refractivity contribution in [2.75, 3.05) is 0 Å². The largest absolute Gasteiger partial charge is 0.355 e. The van der Waals surface area contributed by atoms with Crippen LogP contribution in [-0.2, 0) is 0 Å². The fraction of sp³-hybridized carbons (Fsp3) is 0.353. The molecular formula is C17H19N3O2. The molecule has 1 aromatic heterocycles. The fourth-order valence-corrected chi connectivity index (χ4v) is 2.66. The van der Waals surface area contributed by atoms with Crippen molar-refractivity contribution in [3.05, 3.63) is 42.1 Å². The molecule has 5 heteroatoms. The zero-order valence-corrected chi connectivity index (χ0v) is 12.4. The van der Waals surface area contributed by atoms with Crippen molar-refractivity contribution < 1.29 is 9.32 Å². The number of carbonyl (C=O) groups excluding carboxylic acids is 1. The Morgan fingerprint density at radius 2 is 2.00 bits per heavy atom. The van der Waals surface area contributed by atoms with Gasteiger partial charge in [-0.25, -0.2) is 5.43 Å². The molecule has 0 spiro atoms. The van der Waals surface area contributed by atoms with Gasteiger partial charge in [0.15, 0.2) is 11.5 Å². The van der Waals surface area contributed by atoms with E-state index in [1.165, 1.54) is 19.3 Å². The van der Waals surface area contributed by atoms with Crippen LogP contribution in [0.1, 0.15) is 42.6 Å². The number of amides is 1. The topological polar surface area (TPSA) is 67.5 Å². The molecule has 2 aromatic rings. The van der Waals surface area contributed by atoms with Gasteiger partial charge in [-0.3, -0.25) is 4.79 Å². The Morgan fingerprint density at radius 3 is 2.77 bits per heavy atom. The molecule has 0 aliphatic heterocycles. The minimum atomic E-state index is -0.349. The number of hydrazone groups is 1. The third kappa shape index (κ3) is 3.61. The van der Waals surface area contributed by atoms with E-state index >= 15 is 0 Å². The van der Waals surface area contributed by atoms with E-state index in [1.54, 1.807) is 6.07 Å². The number of hydrogen-bond donors (Lipinski definition) is 1. The number of rotatable bonds is 4. The monoisotopic (exact) mass is 297 g/mol. The third-order valence-electron chi connectivity index (χ3n) is 3.90. The maximum atomic E-state index is 12.0. The second-order valence-corrected chi connectivity index (χ2v) is 5.56. The van der Waals surface area contributed by atoms with Gasteiger partial charge >= 0.3 is 0 Å². The normalized spacial score (nSPS) is 16.0. The van der Waals surface area contributed by atoms with E-state index in [0.717, 1.165) is 18.4 Å². The van der Waals surface area contributed by atoms with E-state index in [1.807, 2.05) is 36.5 Å². The predicted octanol–water partition coefficient (Wildman–Crippen LogP) is 3.64. The Balaban J connectivity index is 1.58. The van der Waals surface area contributed by atoms with E-state index in [-0.39, 0.29) is 11.6 Å². The molecule has 5 nitrogen and oxygen atoms in total. The molecule has 0 atom stereocenters. The molecule has 1 aromatic carbocycles. The lowest BCUT2D eigenvalue weighted by molar-refractivity contribution is 0.0946. The van der Waals surface area contributed by atoms with Crippen molar-refractivity contribution in [3.8, 4) is 11.3 Å². The van der Waals surface area contributed by atoms with Crippen LogP contribution in [0.2, 0.25) is 0 Å². The Morgan fingerprint density at radius 1 is 1.23 bits per heavy atom. The summed E-state index contributed by atoms with van der Waals surface area (Å²) in [5, 5.41) is 7.84. The molecule has 1 fully saturated rings. The van der Waals surface area contributed by atoms with Crippen LogP contribution in [0.3, 0.4) is 0 Å². The molecule has 1 aliphatic carbocycles. The Kier molecular flexibility index (Phi) is 4.63. The first-order valence-electron chi connectivity index (χ1n) is 7.68. The summed E-state index contributed by atoms with van der Waals surface area (Å²) in [5.41, 5.74) is 3.64. The van der Waals surface area contributed by atoms with Crippen LogP contribution in [-0.4, -0.2) is 17.3 Å². The van der Waals surface area contributed by atoms with E-state index in [0.29, 0.717) is 11.7 Å². The molecule has 114 valence electrons. The van der Waals surface area contributed by atoms with E-state index < -0.39 is 0 Å². The molecule has 0 bridgehead atoms. The Bertz CT molecular complexity index is 643. The van der Waals surface area contributed by atoms with Crippen LogP contribution in [0.25, 0.3) is 11.3 Å². The van der Waals surface area contributed by atoms with Crippen molar-refractivity contribution in [2.45, 2.75) is 32.1 Å². The first-order valence-corrected chi connectivity index (χ1v) is 7.68. The Hall–Kier alpha value is -2.43. The summed E-state index contributed by atoms with van der Waals surface area (Å²) in [6, 6.07) is 11.2. The molecule has 1 heterocycles. The van der Waals surface area contributed by atoms with Crippen LogP contribution in [0, 0.1) is 5.92 Å². The number of hydrogen-bond acceptors (Lipinski definition) is 4. The van der Waals surface area contributed by atoms with Gasteiger partial charge in [-0.15, -0.1) is 0 Å². The van der Waals surface area contributed by atoms with E-state index in [4.69, 9.17) is 4.52 Å². The van der Waals surface area contributed by atoms with Crippen LogP contribution in [0.4, 0.5) is 0 Å². The third-order valence-corrected chi connectivity index (χ3v) is 3.90. The lowest BCUT2D eigenvalue weighted by Crippen LogP contribution is -2.19. The first kappa shape index (κ1) is 14.5. The molecule has 3 rings (SSSR count). The first-order chi connectivity index (χ1) is 10.8. The molecule has 1 N–H and O–H groups in total. The Labute approximate surface area is 129 Å². The van der Waals surface area contributed by atoms with Gasteiger partial charge in [-0.2, -0.15) is 5.10 Å². The zero-order chi connectivity index (χ0) is 15.2. The van der Waals surface area contributed by atoms with Gasteiger partial charge in [0, 0.05) is 17.8 Å². The lowest BCUT2D eigenvalue weighted by Gasteiger charge is -2.16. The number of carbonyl (C=O) groups is 1. The highest BCUT2D eigenvalue weighted by Gasteiger charge is 2.14. The smallest absolute Gasteiger partial charge is 0.293 e. The highest BCUT2D eigenvalue weighted by atomic mass is 16.5. The van der Waals surface area contributed by atoms with Crippen LogP contribution < -0.4 is 5.43 Å². The summed E-state index contributed by atoms with van der Waals surface area (Å²) in [5.74, 6) is 0.700. The average Bonchev–Trinajstić information content (AvgIpc) is 3.07. The summed E-state index contributed by atoms with van der Waals surface area (Å²) in [6.45, 7) is 0. The highest BCUT2D eigenvalue weighted by molar-refractivity contribution is 5.93. The molecule has 1 amide bonds. The zero-order valence-electron chi connectivity index (χ0n) is 12.4. The molecule has 0 saturated heterocycles. The van der Waals surface area contributed by atoms with Gasteiger partial charge < -0.3 is 4.52 Å². The molecular weight excluding hydrogens is 278 g/mol. The quantitative estimate of drug-likeness (QED) is 0.692. The molecule has 0 radical (unpaired) electrons. The van der Waals surface area contributed by atoms with E-state index in [9.17, 15) is 4.79 Å². The van der Waals surface area contributed by atoms with Crippen molar-refractivity contribution in [3.63, 3.8) is 0 Å². The average molecular weight is 297 g/mol. The summed E-state index contributed by atoms with van der Waals surface area (Å²) in [6.07, 6.45) is 7.94. The highest BCUT2D eigenvalue weighted by Crippen LogP contribution is 2.22. The van der Waals surface area contributed by atoms with Crippen LogP contribution in [0.5, 0.6) is 0 Å². The summed E-state index contributed by atoms with van der Waals surface area (Å²) in [7, 11) is 0. The number of nitrogens with zero attached hydrogens (tertiary/aromatic N) is 2. The molecule has 1 aliphatic rings. The fourth-order valence-electron chi connectivity index (χ4n) is 2.66.